The Morgan fingerprint density at radius 1 is 1.16 bits per heavy atom. The molecule has 0 spiro atoms. The molecule has 0 aliphatic carbocycles. The third-order valence-corrected chi connectivity index (χ3v) is 3.56. The molecule has 1 aliphatic heterocycles. The first kappa shape index (κ1) is 14.0. The SMILES string of the molecule is CCC(=O)N1CCCN(Cc2ccc(F)cc2)CC1. The highest BCUT2D eigenvalue weighted by Gasteiger charge is 2.17. The van der Waals surface area contributed by atoms with Gasteiger partial charge in [0.05, 0.1) is 0 Å². The third-order valence-electron chi connectivity index (χ3n) is 3.56. The molecule has 0 bridgehead atoms. The van der Waals surface area contributed by atoms with E-state index >= 15 is 0 Å². The second-order valence-corrected chi connectivity index (χ2v) is 4.99. The Kier molecular flexibility index (Phi) is 4.91. The van der Waals surface area contributed by atoms with Crippen LogP contribution in [0.5, 0.6) is 0 Å². The maximum atomic E-state index is 12.9. The van der Waals surface area contributed by atoms with E-state index in [1.165, 1.54) is 12.1 Å². The van der Waals surface area contributed by atoms with Gasteiger partial charge in [0.15, 0.2) is 0 Å². The Hall–Kier alpha value is -1.42. The number of nitrogens with zero attached hydrogens (tertiary/aromatic N) is 2. The van der Waals surface area contributed by atoms with Crippen LogP contribution in [0.3, 0.4) is 0 Å². The second-order valence-electron chi connectivity index (χ2n) is 4.99. The predicted molar refractivity (Wildman–Crippen MR) is 73.2 cm³/mol. The van der Waals surface area contributed by atoms with Gasteiger partial charge >= 0.3 is 0 Å². The van der Waals surface area contributed by atoms with Crippen molar-refractivity contribution in [3.63, 3.8) is 0 Å². The summed E-state index contributed by atoms with van der Waals surface area (Å²) in [6, 6.07) is 6.66. The summed E-state index contributed by atoms with van der Waals surface area (Å²) in [7, 11) is 0. The summed E-state index contributed by atoms with van der Waals surface area (Å²) in [5.74, 6) is 0.0444. The van der Waals surface area contributed by atoms with Gasteiger partial charge in [-0.15, -0.1) is 0 Å². The van der Waals surface area contributed by atoms with Gasteiger partial charge in [0.1, 0.15) is 5.82 Å². The maximum Gasteiger partial charge on any atom is 0.222 e. The zero-order valence-corrected chi connectivity index (χ0v) is 11.4. The largest absolute Gasteiger partial charge is 0.341 e. The fourth-order valence-electron chi connectivity index (χ4n) is 2.45. The van der Waals surface area contributed by atoms with Crippen molar-refractivity contribution >= 4 is 5.91 Å². The summed E-state index contributed by atoms with van der Waals surface area (Å²) < 4.78 is 12.9. The lowest BCUT2D eigenvalue weighted by atomic mass is 10.2. The molecule has 2 rings (SSSR count). The molecular formula is C15H21FN2O. The van der Waals surface area contributed by atoms with Gasteiger partial charge in [0, 0.05) is 39.1 Å². The molecule has 0 atom stereocenters. The van der Waals surface area contributed by atoms with E-state index in [1.807, 2.05) is 24.0 Å². The minimum absolute atomic E-state index is 0.195. The van der Waals surface area contributed by atoms with Crippen LogP contribution < -0.4 is 0 Å². The Balaban J connectivity index is 1.89. The molecule has 0 aromatic heterocycles. The van der Waals surface area contributed by atoms with Crippen LogP contribution in [0.25, 0.3) is 0 Å². The number of hydrogen-bond donors (Lipinski definition) is 0. The lowest BCUT2D eigenvalue weighted by molar-refractivity contribution is -0.130. The van der Waals surface area contributed by atoms with Crippen LogP contribution in [0.2, 0.25) is 0 Å². The number of amides is 1. The van der Waals surface area contributed by atoms with Crippen LogP contribution in [0, 0.1) is 5.82 Å². The van der Waals surface area contributed by atoms with Crippen molar-refractivity contribution in [1.82, 2.24) is 9.80 Å². The lowest BCUT2D eigenvalue weighted by Crippen LogP contribution is -2.34. The lowest BCUT2D eigenvalue weighted by Gasteiger charge is -2.21. The predicted octanol–water partition coefficient (Wildman–Crippen LogP) is 2.27. The quantitative estimate of drug-likeness (QED) is 0.836. The first-order valence-electron chi connectivity index (χ1n) is 6.93. The Labute approximate surface area is 114 Å². The van der Waals surface area contributed by atoms with E-state index in [2.05, 4.69) is 4.90 Å². The van der Waals surface area contributed by atoms with Gasteiger partial charge in [-0.25, -0.2) is 4.39 Å². The molecule has 3 nitrogen and oxygen atoms in total. The Bertz CT molecular complexity index is 419. The zero-order valence-electron chi connectivity index (χ0n) is 11.4. The number of carbonyl (C=O) groups is 1. The van der Waals surface area contributed by atoms with E-state index in [9.17, 15) is 9.18 Å². The molecule has 1 aromatic carbocycles. The summed E-state index contributed by atoms with van der Waals surface area (Å²) in [6.45, 7) is 6.27. The first-order valence-corrected chi connectivity index (χ1v) is 6.93. The van der Waals surface area contributed by atoms with Crippen molar-refractivity contribution in [3.05, 3.63) is 35.6 Å². The van der Waals surface area contributed by atoms with Crippen molar-refractivity contribution < 1.29 is 9.18 Å². The minimum Gasteiger partial charge on any atom is -0.341 e. The van der Waals surface area contributed by atoms with Crippen molar-refractivity contribution in [2.75, 3.05) is 26.2 Å². The summed E-state index contributed by atoms with van der Waals surface area (Å²) in [5.41, 5.74) is 1.12. The molecule has 0 radical (unpaired) electrons. The molecule has 104 valence electrons. The van der Waals surface area contributed by atoms with Crippen LogP contribution in [0.15, 0.2) is 24.3 Å². The first-order chi connectivity index (χ1) is 9.19. The van der Waals surface area contributed by atoms with Gasteiger partial charge in [0.2, 0.25) is 5.91 Å². The summed E-state index contributed by atoms with van der Waals surface area (Å²) in [6.07, 6.45) is 1.59. The van der Waals surface area contributed by atoms with Crippen LogP contribution in [0.4, 0.5) is 4.39 Å². The molecule has 1 heterocycles. The summed E-state index contributed by atoms with van der Waals surface area (Å²) >= 11 is 0. The monoisotopic (exact) mass is 264 g/mol. The van der Waals surface area contributed by atoms with E-state index < -0.39 is 0 Å². The molecule has 1 saturated heterocycles. The van der Waals surface area contributed by atoms with Crippen molar-refractivity contribution in [3.8, 4) is 0 Å². The van der Waals surface area contributed by atoms with Crippen molar-refractivity contribution in [2.45, 2.75) is 26.3 Å². The van der Waals surface area contributed by atoms with Crippen LogP contribution in [0.1, 0.15) is 25.3 Å². The molecule has 1 amide bonds. The zero-order chi connectivity index (χ0) is 13.7. The molecule has 0 N–H and O–H groups in total. The number of benzene rings is 1. The highest BCUT2D eigenvalue weighted by molar-refractivity contribution is 5.75. The number of carbonyl (C=O) groups excluding carboxylic acids is 1. The molecule has 1 aliphatic rings. The van der Waals surface area contributed by atoms with Gasteiger partial charge in [-0.3, -0.25) is 9.69 Å². The van der Waals surface area contributed by atoms with Crippen molar-refractivity contribution in [2.24, 2.45) is 0 Å². The summed E-state index contributed by atoms with van der Waals surface area (Å²) in [4.78, 5) is 16.0. The van der Waals surface area contributed by atoms with E-state index in [1.54, 1.807) is 0 Å². The van der Waals surface area contributed by atoms with Crippen molar-refractivity contribution in [1.29, 1.82) is 0 Å². The molecular weight excluding hydrogens is 243 g/mol. The van der Waals surface area contributed by atoms with Gasteiger partial charge in [0.25, 0.3) is 0 Å². The average Bonchev–Trinajstić information content (AvgIpc) is 2.66. The Morgan fingerprint density at radius 2 is 1.89 bits per heavy atom. The molecule has 0 unspecified atom stereocenters. The number of rotatable bonds is 3. The van der Waals surface area contributed by atoms with E-state index in [0.717, 1.165) is 44.7 Å². The topological polar surface area (TPSA) is 23.6 Å². The van der Waals surface area contributed by atoms with Gasteiger partial charge in [-0.2, -0.15) is 0 Å². The molecule has 1 aromatic rings. The van der Waals surface area contributed by atoms with Crippen LogP contribution >= 0.6 is 0 Å². The normalized spacial score (nSPS) is 17.3. The van der Waals surface area contributed by atoms with Crippen LogP contribution in [-0.4, -0.2) is 41.9 Å². The molecule has 19 heavy (non-hydrogen) atoms. The smallest absolute Gasteiger partial charge is 0.222 e. The number of halogens is 1. The average molecular weight is 264 g/mol. The molecule has 1 fully saturated rings. The highest BCUT2D eigenvalue weighted by atomic mass is 19.1. The fraction of sp³-hybridized carbons (Fsp3) is 0.533. The van der Waals surface area contributed by atoms with Gasteiger partial charge in [-0.1, -0.05) is 19.1 Å². The maximum absolute atomic E-state index is 12.9. The highest BCUT2D eigenvalue weighted by Crippen LogP contribution is 2.10. The van der Waals surface area contributed by atoms with E-state index in [0.29, 0.717) is 6.42 Å². The standard InChI is InChI=1S/C15H21FN2O/c1-2-15(19)18-9-3-8-17(10-11-18)12-13-4-6-14(16)7-5-13/h4-7H,2-3,8-12H2,1H3. The number of hydrogen-bond acceptors (Lipinski definition) is 2. The second kappa shape index (κ2) is 6.66. The minimum atomic E-state index is -0.195. The van der Waals surface area contributed by atoms with E-state index in [-0.39, 0.29) is 11.7 Å². The molecule has 4 heteroatoms. The third kappa shape index (κ3) is 4.03. The molecule has 0 saturated carbocycles. The summed E-state index contributed by atoms with van der Waals surface area (Å²) in [5, 5.41) is 0. The van der Waals surface area contributed by atoms with Crippen LogP contribution in [-0.2, 0) is 11.3 Å². The fourth-order valence-corrected chi connectivity index (χ4v) is 2.45. The van der Waals surface area contributed by atoms with Gasteiger partial charge in [-0.05, 0) is 24.1 Å². The van der Waals surface area contributed by atoms with Gasteiger partial charge < -0.3 is 4.90 Å². The Morgan fingerprint density at radius 3 is 2.58 bits per heavy atom. The van der Waals surface area contributed by atoms with E-state index in [4.69, 9.17) is 0 Å².